The number of thiophene rings is 1. The largest absolute Gasteiger partial charge is 0.320 e. The van der Waals surface area contributed by atoms with Gasteiger partial charge in [-0.25, -0.2) is 0 Å². The van der Waals surface area contributed by atoms with Crippen molar-refractivity contribution < 1.29 is 4.79 Å². The number of amides is 1. The van der Waals surface area contributed by atoms with Crippen LogP contribution in [0.15, 0.2) is 27.4 Å². The molecule has 0 bridgehead atoms. The summed E-state index contributed by atoms with van der Waals surface area (Å²) in [5.74, 6) is -0.0907. The number of nitrogens with one attached hydrogen (secondary N) is 1. The van der Waals surface area contributed by atoms with Crippen LogP contribution in [0.4, 0.5) is 0 Å². The van der Waals surface area contributed by atoms with Gasteiger partial charge in [0.05, 0.1) is 16.7 Å². The van der Waals surface area contributed by atoms with Crippen LogP contribution in [0.3, 0.4) is 0 Å². The number of thioether (sulfide) groups is 1. The van der Waals surface area contributed by atoms with Gasteiger partial charge in [0.1, 0.15) is 0 Å². The molecule has 1 aromatic heterocycles. The SMILES string of the molecule is CSC1=C(C#N)[C@@H](c2ccsc2)CC(=O)N1. The zero-order valence-corrected chi connectivity index (χ0v) is 10.3. The van der Waals surface area contributed by atoms with Crippen LogP contribution in [0, 0.1) is 11.3 Å². The van der Waals surface area contributed by atoms with Crippen LogP contribution < -0.4 is 5.32 Å². The molecule has 0 saturated carbocycles. The van der Waals surface area contributed by atoms with Crippen LogP contribution in [-0.2, 0) is 4.79 Å². The molecule has 5 heteroatoms. The van der Waals surface area contributed by atoms with Crippen molar-refractivity contribution >= 4 is 29.0 Å². The van der Waals surface area contributed by atoms with Crippen LogP contribution in [0.2, 0.25) is 0 Å². The first-order valence-corrected chi connectivity index (χ1v) is 6.93. The first-order chi connectivity index (χ1) is 7.76. The molecule has 0 radical (unpaired) electrons. The summed E-state index contributed by atoms with van der Waals surface area (Å²) in [5.41, 5.74) is 1.73. The van der Waals surface area contributed by atoms with E-state index in [1.165, 1.54) is 11.8 Å². The summed E-state index contributed by atoms with van der Waals surface area (Å²) < 4.78 is 0. The third kappa shape index (κ3) is 1.99. The molecule has 82 valence electrons. The van der Waals surface area contributed by atoms with E-state index in [-0.39, 0.29) is 11.8 Å². The van der Waals surface area contributed by atoms with Crippen molar-refractivity contribution in [1.29, 1.82) is 5.26 Å². The first-order valence-electron chi connectivity index (χ1n) is 4.76. The second kappa shape index (κ2) is 4.73. The molecule has 1 aromatic rings. The molecule has 0 fully saturated rings. The van der Waals surface area contributed by atoms with Crippen molar-refractivity contribution in [1.82, 2.24) is 5.32 Å². The molecule has 0 saturated heterocycles. The number of nitriles is 1. The summed E-state index contributed by atoms with van der Waals surface area (Å²) in [7, 11) is 0. The van der Waals surface area contributed by atoms with Crippen molar-refractivity contribution in [2.45, 2.75) is 12.3 Å². The number of hydrogen-bond donors (Lipinski definition) is 1. The predicted molar refractivity (Wildman–Crippen MR) is 66.0 cm³/mol. The Bertz CT molecular complexity index is 471. The molecule has 0 spiro atoms. The number of hydrogen-bond acceptors (Lipinski definition) is 4. The monoisotopic (exact) mass is 250 g/mol. The molecule has 1 aliphatic heterocycles. The Morgan fingerprint density at radius 3 is 3.06 bits per heavy atom. The zero-order valence-electron chi connectivity index (χ0n) is 8.69. The average molecular weight is 250 g/mol. The van der Waals surface area contributed by atoms with E-state index in [2.05, 4.69) is 11.4 Å². The smallest absolute Gasteiger partial charge is 0.225 e. The molecule has 1 atom stereocenters. The van der Waals surface area contributed by atoms with Gasteiger partial charge in [0.15, 0.2) is 0 Å². The number of carbonyl (C=O) groups is 1. The molecule has 1 aliphatic rings. The van der Waals surface area contributed by atoms with Gasteiger partial charge in [-0.3, -0.25) is 4.79 Å². The maximum atomic E-state index is 11.5. The summed E-state index contributed by atoms with van der Waals surface area (Å²) in [4.78, 5) is 11.5. The molecule has 1 N–H and O–H groups in total. The van der Waals surface area contributed by atoms with E-state index in [0.717, 1.165) is 5.56 Å². The van der Waals surface area contributed by atoms with Crippen LogP contribution in [-0.4, -0.2) is 12.2 Å². The third-order valence-electron chi connectivity index (χ3n) is 2.51. The molecule has 2 rings (SSSR count). The minimum atomic E-state index is -0.0764. The van der Waals surface area contributed by atoms with E-state index in [1.54, 1.807) is 11.3 Å². The highest BCUT2D eigenvalue weighted by molar-refractivity contribution is 8.02. The van der Waals surface area contributed by atoms with Gasteiger partial charge in [-0.15, -0.1) is 11.8 Å². The van der Waals surface area contributed by atoms with Crippen LogP contribution in [0.5, 0.6) is 0 Å². The maximum absolute atomic E-state index is 11.5. The lowest BCUT2D eigenvalue weighted by Crippen LogP contribution is -2.30. The highest BCUT2D eigenvalue weighted by Gasteiger charge is 2.28. The van der Waals surface area contributed by atoms with Crippen molar-refractivity contribution in [2.24, 2.45) is 0 Å². The fourth-order valence-corrected chi connectivity index (χ4v) is 3.08. The van der Waals surface area contributed by atoms with Crippen molar-refractivity contribution in [3.63, 3.8) is 0 Å². The summed E-state index contributed by atoms with van der Waals surface area (Å²) in [5, 5.41) is 16.6. The third-order valence-corrected chi connectivity index (χ3v) is 3.94. The van der Waals surface area contributed by atoms with E-state index < -0.39 is 0 Å². The summed E-state index contributed by atoms with van der Waals surface area (Å²) in [6, 6.07) is 4.19. The highest BCUT2D eigenvalue weighted by atomic mass is 32.2. The lowest BCUT2D eigenvalue weighted by molar-refractivity contribution is -0.120. The molecule has 2 heterocycles. The van der Waals surface area contributed by atoms with Crippen LogP contribution in [0.25, 0.3) is 0 Å². The summed E-state index contributed by atoms with van der Waals surface area (Å²) in [6.07, 6.45) is 2.23. The standard InChI is InChI=1S/C11H10N2OS2/c1-15-11-9(5-12)8(4-10(14)13-11)7-2-3-16-6-7/h2-3,6,8H,4H2,1H3,(H,13,14)/t8-/m1/s1. The minimum Gasteiger partial charge on any atom is -0.320 e. The van der Waals surface area contributed by atoms with Gasteiger partial charge in [0.2, 0.25) is 5.91 Å². The van der Waals surface area contributed by atoms with Gasteiger partial charge < -0.3 is 5.32 Å². The Labute approximate surface area is 102 Å². The Kier molecular flexibility index (Phi) is 3.32. The molecule has 3 nitrogen and oxygen atoms in total. The first kappa shape index (κ1) is 11.2. The quantitative estimate of drug-likeness (QED) is 0.877. The van der Waals surface area contributed by atoms with E-state index >= 15 is 0 Å². The molecule has 0 aromatic carbocycles. The lowest BCUT2D eigenvalue weighted by atomic mass is 9.89. The fourth-order valence-electron chi connectivity index (χ4n) is 1.74. The second-order valence-corrected chi connectivity index (χ2v) is 5.02. The zero-order chi connectivity index (χ0) is 11.5. The van der Waals surface area contributed by atoms with Gasteiger partial charge >= 0.3 is 0 Å². The van der Waals surface area contributed by atoms with E-state index in [1.807, 2.05) is 23.1 Å². The lowest BCUT2D eigenvalue weighted by Gasteiger charge is -2.23. The van der Waals surface area contributed by atoms with Gasteiger partial charge in [-0.2, -0.15) is 16.6 Å². The number of carbonyl (C=O) groups excluding carboxylic acids is 1. The summed E-state index contributed by atoms with van der Waals surface area (Å²) >= 11 is 3.00. The highest BCUT2D eigenvalue weighted by Crippen LogP contribution is 2.35. The van der Waals surface area contributed by atoms with Crippen LogP contribution in [0.1, 0.15) is 17.9 Å². The predicted octanol–water partition coefficient (Wildman–Crippen LogP) is 2.45. The maximum Gasteiger partial charge on any atom is 0.225 e. The summed E-state index contributed by atoms with van der Waals surface area (Å²) in [6.45, 7) is 0. The minimum absolute atomic E-state index is 0.0143. The van der Waals surface area contributed by atoms with Gasteiger partial charge in [0.25, 0.3) is 0 Å². The average Bonchev–Trinajstić information content (AvgIpc) is 2.81. The molecule has 1 amide bonds. The number of allylic oxidation sites excluding steroid dienone is 1. The fraction of sp³-hybridized carbons (Fsp3) is 0.273. The molecule has 16 heavy (non-hydrogen) atoms. The Balaban J connectivity index is 2.44. The van der Waals surface area contributed by atoms with E-state index in [4.69, 9.17) is 0 Å². The molecule has 0 aliphatic carbocycles. The second-order valence-electron chi connectivity index (χ2n) is 3.42. The molecular formula is C11H10N2OS2. The topological polar surface area (TPSA) is 52.9 Å². The molecular weight excluding hydrogens is 240 g/mol. The Hall–Kier alpha value is -1.25. The number of nitrogens with zero attached hydrogens (tertiary/aromatic N) is 1. The Morgan fingerprint density at radius 2 is 2.50 bits per heavy atom. The number of rotatable bonds is 2. The van der Waals surface area contributed by atoms with Crippen molar-refractivity contribution in [3.05, 3.63) is 33.0 Å². The van der Waals surface area contributed by atoms with Gasteiger partial charge in [-0.05, 0) is 28.6 Å². The van der Waals surface area contributed by atoms with E-state index in [0.29, 0.717) is 17.0 Å². The van der Waals surface area contributed by atoms with Crippen LogP contribution >= 0.6 is 23.1 Å². The van der Waals surface area contributed by atoms with Gasteiger partial charge in [0, 0.05) is 12.3 Å². The molecule has 0 unspecified atom stereocenters. The Morgan fingerprint density at radius 1 is 1.69 bits per heavy atom. The van der Waals surface area contributed by atoms with E-state index in [9.17, 15) is 10.1 Å². The van der Waals surface area contributed by atoms with Gasteiger partial charge in [-0.1, -0.05) is 0 Å². The normalized spacial score (nSPS) is 20.5. The van der Waals surface area contributed by atoms with Crippen molar-refractivity contribution in [3.8, 4) is 6.07 Å². The van der Waals surface area contributed by atoms with Crippen molar-refractivity contribution in [2.75, 3.05) is 6.26 Å².